The monoisotopic (exact) mass is 234 g/mol. The highest BCUT2D eigenvalue weighted by molar-refractivity contribution is 5.82. The van der Waals surface area contributed by atoms with E-state index in [1.807, 2.05) is 43.9 Å². The predicted octanol–water partition coefficient (Wildman–Crippen LogP) is 1.72. The minimum absolute atomic E-state index is 0.0798. The van der Waals surface area contributed by atoms with Crippen LogP contribution < -0.4 is 4.74 Å². The van der Waals surface area contributed by atoms with Gasteiger partial charge in [0.25, 0.3) is 0 Å². The summed E-state index contributed by atoms with van der Waals surface area (Å²) >= 11 is 0. The van der Waals surface area contributed by atoms with Gasteiger partial charge in [-0.15, -0.1) is 0 Å². The Morgan fingerprint density at radius 3 is 2.65 bits per heavy atom. The van der Waals surface area contributed by atoms with Crippen molar-refractivity contribution in [1.82, 2.24) is 9.88 Å². The molecule has 1 fully saturated rings. The van der Waals surface area contributed by atoms with E-state index in [2.05, 4.69) is 4.98 Å². The number of hydrogen-bond acceptors (Lipinski definition) is 3. The number of ether oxygens (including phenoxy) is 1. The Morgan fingerprint density at radius 2 is 2.12 bits per heavy atom. The molecule has 2 rings (SSSR count). The van der Waals surface area contributed by atoms with E-state index < -0.39 is 0 Å². The lowest BCUT2D eigenvalue weighted by Crippen LogP contribution is -2.58. The van der Waals surface area contributed by atoms with E-state index in [-0.39, 0.29) is 17.4 Å². The normalized spacial score (nSPS) is 16.5. The first kappa shape index (κ1) is 11.9. The molecule has 0 aromatic carbocycles. The number of amides is 1. The largest absolute Gasteiger partial charge is 0.471 e. The van der Waals surface area contributed by atoms with Gasteiger partial charge in [-0.2, -0.15) is 0 Å². The molecule has 0 aliphatic carbocycles. The fourth-order valence-electron chi connectivity index (χ4n) is 1.74. The Balaban J connectivity index is 1.82. The highest BCUT2D eigenvalue weighted by atomic mass is 16.5. The molecule has 0 N–H and O–H groups in total. The van der Waals surface area contributed by atoms with E-state index in [9.17, 15) is 4.79 Å². The van der Waals surface area contributed by atoms with Gasteiger partial charge in [-0.05, 0) is 6.07 Å². The third kappa shape index (κ3) is 2.75. The molecule has 1 saturated heterocycles. The molecule has 1 aromatic rings. The summed E-state index contributed by atoms with van der Waals surface area (Å²) < 4.78 is 5.64. The van der Waals surface area contributed by atoms with Crippen molar-refractivity contribution < 1.29 is 9.53 Å². The maximum atomic E-state index is 11.9. The van der Waals surface area contributed by atoms with Gasteiger partial charge in [0.15, 0.2) is 0 Å². The van der Waals surface area contributed by atoms with Crippen LogP contribution in [0.2, 0.25) is 0 Å². The number of carbonyl (C=O) groups is 1. The summed E-state index contributed by atoms with van der Waals surface area (Å²) in [4.78, 5) is 17.8. The number of carbonyl (C=O) groups excluding carboxylic acids is 1. The van der Waals surface area contributed by atoms with Crippen LogP contribution in [0.25, 0.3) is 0 Å². The predicted molar refractivity (Wildman–Crippen MR) is 64.7 cm³/mol. The minimum Gasteiger partial charge on any atom is -0.471 e. The lowest BCUT2D eigenvalue weighted by Gasteiger charge is -2.41. The minimum atomic E-state index is -0.310. The van der Waals surface area contributed by atoms with Gasteiger partial charge < -0.3 is 9.64 Å². The summed E-state index contributed by atoms with van der Waals surface area (Å²) in [6.07, 6.45) is 1.78. The molecule has 17 heavy (non-hydrogen) atoms. The molecule has 1 amide bonds. The molecule has 0 radical (unpaired) electrons. The fourth-order valence-corrected chi connectivity index (χ4v) is 1.74. The van der Waals surface area contributed by atoms with Crippen LogP contribution in [-0.4, -0.2) is 35.0 Å². The number of pyridine rings is 1. The van der Waals surface area contributed by atoms with E-state index in [0.717, 1.165) is 0 Å². The van der Waals surface area contributed by atoms with Crippen molar-refractivity contribution in [3.05, 3.63) is 24.4 Å². The molecule has 1 aliphatic rings. The Labute approximate surface area is 102 Å². The zero-order valence-corrected chi connectivity index (χ0v) is 10.5. The second kappa shape index (κ2) is 4.35. The first-order valence-corrected chi connectivity index (χ1v) is 5.84. The number of nitrogens with zero attached hydrogens (tertiary/aromatic N) is 2. The van der Waals surface area contributed by atoms with E-state index in [1.165, 1.54) is 0 Å². The molecule has 1 aromatic heterocycles. The lowest BCUT2D eigenvalue weighted by molar-refractivity contribution is -0.148. The highest BCUT2D eigenvalue weighted by Crippen LogP contribution is 2.23. The van der Waals surface area contributed by atoms with E-state index in [0.29, 0.717) is 19.0 Å². The molecule has 0 bridgehead atoms. The maximum Gasteiger partial charge on any atom is 0.228 e. The topological polar surface area (TPSA) is 42.4 Å². The van der Waals surface area contributed by atoms with Crippen molar-refractivity contribution in [3.8, 4) is 5.88 Å². The highest BCUT2D eigenvalue weighted by Gasteiger charge is 2.37. The molecular formula is C13H18N2O2. The van der Waals surface area contributed by atoms with Crippen molar-refractivity contribution in [3.63, 3.8) is 0 Å². The van der Waals surface area contributed by atoms with Gasteiger partial charge in [0.1, 0.15) is 6.10 Å². The van der Waals surface area contributed by atoms with Crippen molar-refractivity contribution >= 4 is 5.91 Å². The van der Waals surface area contributed by atoms with Gasteiger partial charge in [0, 0.05) is 17.7 Å². The average Bonchev–Trinajstić information content (AvgIpc) is 2.22. The summed E-state index contributed by atoms with van der Waals surface area (Å²) in [5.41, 5.74) is -0.310. The lowest BCUT2D eigenvalue weighted by atomic mass is 9.93. The fraction of sp³-hybridized carbons (Fsp3) is 0.538. The van der Waals surface area contributed by atoms with Crippen molar-refractivity contribution in [2.45, 2.75) is 26.9 Å². The quantitative estimate of drug-likeness (QED) is 0.782. The molecule has 1 aliphatic heterocycles. The van der Waals surface area contributed by atoms with Crippen LogP contribution >= 0.6 is 0 Å². The number of hydrogen-bond donors (Lipinski definition) is 0. The molecule has 0 saturated carbocycles. The Kier molecular flexibility index (Phi) is 3.05. The summed E-state index contributed by atoms with van der Waals surface area (Å²) in [6.45, 7) is 7.12. The second-order valence-corrected chi connectivity index (χ2v) is 5.37. The summed E-state index contributed by atoms with van der Waals surface area (Å²) in [5.74, 6) is 0.804. The second-order valence-electron chi connectivity index (χ2n) is 5.37. The van der Waals surface area contributed by atoms with Crippen LogP contribution in [0, 0.1) is 5.41 Å². The third-order valence-electron chi connectivity index (χ3n) is 2.70. The average molecular weight is 234 g/mol. The van der Waals surface area contributed by atoms with Crippen molar-refractivity contribution in [1.29, 1.82) is 0 Å². The molecule has 0 atom stereocenters. The van der Waals surface area contributed by atoms with Gasteiger partial charge in [0.05, 0.1) is 13.1 Å². The zero-order valence-electron chi connectivity index (χ0n) is 10.5. The Morgan fingerprint density at radius 1 is 1.41 bits per heavy atom. The summed E-state index contributed by atoms with van der Waals surface area (Å²) in [5, 5.41) is 0. The smallest absolute Gasteiger partial charge is 0.228 e. The van der Waals surface area contributed by atoms with Gasteiger partial charge in [-0.1, -0.05) is 26.8 Å². The standard InChI is InChI=1S/C13H18N2O2/c1-13(2,3)12(16)15-8-10(9-15)17-11-6-4-5-7-14-11/h4-7,10H,8-9H2,1-3H3. The van der Waals surface area contributed by atoms with Crippen LogP contribution in [0.1, 0.15) is 20.8 Å². The Bertz CT molecular complexity index is 392. The Hall–Kier alpha value is -1.58. The van der Waals surface area contributed by atoms with Gasteiger partial charge in [-0.25, -0.2) is 4.98 Å². The first-order chi connectivity index (χ1) is 7.97. The number of aromatic nitrogens is 1. The number of rotatable bonds is 2. The summed E-state index contributed by atoms with van der Waals surface area (Å²) in [7, 11) is 0. The zero-order chi connectivity index (χ0) is 12.5. The first-order valence-electron chi connectivity index (χ1n) is 5.84. The third-order valence-corrected chi connectivity index (χ3v) is 2.70. The van der Waals surface area contributed by atoms with Crippen molar-refractivity contribution in [2.24, 2.45) is 5.41 Å². The molecule has 0 unspecified atom stereocenters. The maximum absolute atomic E-state index is 11.9. The summed E-state index contributed by atoms with van der Waals surface area (Å²) in [6, 6.07) is 5.57. The van der Waals surface area contributed by atoms with Crippen LogP contribution in [0.3, 0.4) is 0 Å². The van der Waals surface area contributed by atoms with Crippen LogP contribution in [0.5, 0.6) is 5.88 Å². The van der Waals surface area contributed by atoms with Gasteiger partial charge in [-0.3, -0.25) is 4.79 Å². The van der Waals surface area contributed by atoms with Crippen LogP contribution in [0.4, 0.5) is 0 Å². The molecule has 4 heteroatoms. The number of likely N-dealkylation sites (tertiary alicyclic amines) is 1. The molecule has 92 valence electrons. The van der Waals surface area contributed by atoms with Gasteiger partial charge in [0.2, 0.25) is 11.8 Å². The molecule has 4 nitrogen and oxygen atoms in total. The van der Waals surface area contributed by atoms with E-state index in [4.69, 9.17) is 4.74 Å². The van der Waals surface area contributed by atoms with Crippen molar-refractivity contribution in [2.75, 3.05) is 13.1 Å². The van der Waals surface area contributed by atoms with E-state index >= 15 is 0 Å². The molecule has 0 spiro atoms. The SMILES string of the molecule is CC(C)(C)C(=O)N1CC(Oc2ccccn2)C1. The van der Waals surface area contributed by atoms with Gasteiger partial charge >= 0.3 is 0 Å². The molecule has 2 heterocycles. The van der Waals surface area contributed by atoms with E-state index in [1.54, 1.807) is 6.20 Å². The van der Waals surface area contributed by atoms with Crippen LogP contribution in [-0.2, 0) is 4.79 Å². The van der Waals surface area contributed by atoms with Crippen LogP contribution in [0.15, 0.2) is 24.4 Å². The molecular weight excluding hydrogens is 216 g/mol.